The molecule has 6 heteroatoms. The maximum absolute atomic E-state index is 12.7. The summed E-state index contributed by atoms with van der Waals surface area (Å²) in [6, 6.07) is 18.4. The highest BCUT2D eigenvalue weighted by molar-refractivity contribution is 7.21. The Hall–Kier alpha value is -2.76. The van der Waals surface area contributed by atoms with Crippen molar-refractivity contribution < 1.29 is 4.79 Å². The molecule has 0 aliphatic carbocycles. The first-order valence-corrected chi connectivity index (χ1v) is 8.78. The molecule has 0 atom stereocenters. The van der Waals surface area contributed by atoms with Crippen molar-refractivity contribution in [3.8, 4) is 10.7 Å². The maximum atomic E-state index is 12.7. The Bertz CT molecular complexity index is 1040. The molecular weight excluding hydrogens is 354 g/mol. The van der Waals surface area contributed by atoms with Gasteiger partial charge in [0, 0.05) is 16.9 Å². The number of para-hydroxylation sites is 1. The van der Waals surface area contributed by atoms with Crippen LogP contribution in [0.4, 0.5) is 5.69 Å². The Morgan fingerprint density at radius 2 is 1.92 bits per heavy atom. The SMILES string of the molecule is O=C(Nc1cccc(Cl)c1)c1cccnc1-c1nc2ccccc2s1. The van der Waals surface area contributed by atoms with Gasteiger partial charge < -0.3 is 5.32 Å². The van der Waals surface area contributed by atoms with Gasteiger partial charge in [0.1, 0.15) is 10.7 Å². The number of benzene rings is 2. The number of aromatic nitrogens is 2. The van der Waals surface area contributed by atoms with Crippen LogP contribution in [0.2, 0.25) is 5.02 Å². The van der Waals surface area contributed by atoms with Crippen molar-refractivity contribution in [2.75, 3.05) is 5.32 Å². The second kappa shape index (κ2) is 6.63. The number of nitrogens with zero attached hydrogens (tertiary/aromatic N) is 2. The van der Waals surface area contributed by atoms with Crippen LogP contribution in [0.3, 0.4) is 0 Å². The maximum Gasteiger partial charge on any atom is 0.257 e. The van der Waals surface area contributed by atoms with Crippen molar-refractivity contribution in [2.45, 2.75) is 0 Å². The van der Waals surface area contributed by atoms with Crippen molar-refractivity contribution in [3.05, 3.63) is 77.4 Å². The van der Waals surface area contributed by atoms with Gasteiger partial charge in [-0.2, -0.15) is 0 Å². The monoisotopic (exact) mass is 365 g/mol. The molecule has 0 saturated carbocycles. The molecule has 0 fully saturated rings. The lowest BCUT2D eigenvalue weighted by Gasteiger charge is -2.08. The molecule has 4 nitrogen and oxygen atoms in total. The zero-order valence-electron chi connectivity index (χ0n) is 12.9. The molecule has 0 aliphatic rings. The minimum absolute atomic E-state index is 0.246. The van der Waals surface area contributed by atoms with Crippen molar-refractivity contribution in [2.24, 2.45) is 0 Å². The molecule has 0 radical (unpaired) electrons. The van der Waals surface area contributed by atoms with Gasteiger partial charge in [0.05, 0.1) is 15.8 Å². The molecule has 122 valence electrons. The van der Waals surface area contributed by atoms with E-state index in [0.717, 1.165) is 15.2 Å². The number of thiazole rings is 1. The van der Waals surface area contributed by atoms with Crippen LogP contribution in [0.1, 0.15) is 10.4 Å². The molecule has 0 spiro atoms. The Balaban J connectivity index is 1.72. The van der Waals surface area contributed by atoms with E-state index < -0.39 is 0 Å². The summed E-state index contributed by atoms with van der Waals surface area (Å²) in [6.07, 6.45) is 1.66. The first kappa shape index (κ1) is 15.7. The van der Waals surface area contributed by atoms with Gasteiger partial charge in [-0.25, -0.2) is 4.98 Å². The molecular formula is C19H12ClN3OS. The second-order valence-electron chi connectivity index (χ2n) is 5.35. The van der Waals surface area contributed by atoms with Gasteiger partial charge in [-0.15, -0.1) is 11.3 Å². The van der Waals surface area contributed by atoms with E-state index in [0.29, 0.717) is 22.0 Å². The standard InChI is InChI=1S/C19H12ClN3OS/c20-12-5-3-6-13(11-12)22-18(24)14-7-4-10-21-17(14)19-23-15-8-1-2-9-16(15)25-19/h1-11H,(H,22,24). The Morgan fingerprint density at radius 1 is 1.04 bits per heavy atom. The highest BCUT2D eigenvalue weighted by Gasteiger charge is 2.17. The number of halogens is 1. The summed E-state index contributed by atoms with van der Waals surface area (Å²) in [6.45, 7) is 0. The van der Waals surface area contributed by atoms with Crippen LogP contribution >= 0.6 is 22.9 Å². The first-order valence-electron chi connectivity index (χ1n) is 7.58. The fourth-order valence-electron chi connectivity index (χ4n) is 2.50. The highest BCUT2D eigenvalue weighted by Crippen LogP contribution is 2.31. The van der Waals surface area contributed by atoms with Crippen LogP contribution in [-0.4, -0.2) is 15.9 Å². The lowest BCUT2D eigenvalue weighted by atomic mass is 10.1. The van der Waals surface area contributed by atoms with Crippen molar-refractivity contribution >= 4 is 44.7 Å². The molecule has 2 aromatic carbocycles. The summed E-state index contributed by atoms with van der Waals surface area (Å²) in [5, 5.41) is 4.14. The fraction of sp³-hybridized carbons (Fsp3) is 0. The van der Waals surface area contributed by atoms with E-state index in [4.69, 9.17) is 11.6 Å². The minimum atomic E-state index is -0.246. The molecule has 1 N–H and O–H groups in total. The van der Waals surface area contributed by atoms with Crippen LogP contribution in [0.25, 0.3) is 20.9 Å². The Kier molecular flexibility index (Phi) is 4.17. The molecule has 4 aromatic rings. The number of hydrogen-bond donors (Lipinski definition) is 1. The van der Waals surface area contributed by atoms with E-state index in [9.17, 15) is 4.79 Å². The molecule has 2 aromatic heterocycles. The van der Waals surface area contributed by atoms with E-state index in [1.807, 2.05) is 24.3 Å². The van der Waals surface area contributed by atoms with Gasteiger partial charge in [0.2, 0.25) is 0 Å². The molecule has 1 amide bonds. The molecule has 0 aliphatic heterocycles. The summed E-state index contributed by atoms with van der Waals surface area (Å²) in [4.78, 5) is 21.7. The van der Waals surface area contributed by atoms with Gasteiger partial charge in [-0.05, 0) is 42.5 Å². The number of carbonyl (C=O) groups excluding carboxylic acids is 1. The van der Waals surface area contributed by atoms with Gasteiger partial charge in [0.25, 0.3) is 5.91 Å². The van der Waals surface area contributed by atoms with Crippen molar-refractivity contribution in [1.29, 1.82) is 0 Å². The predicted octanol–water partition coefficient (Wildman–Crippen LogP) is 5.26. The van der Waals surface area contributed by atoms with E-state index >= 15 is 0 Å². The average Bonchev–Trinajstić information content (AvgIpc) is 3.06. The number of anilines is 1. The number of carbonyl (C=O) groups is 1. The van der Waals surface area contributed by atoms with Crippen molar-refractivity contribution in [3.63, 3.8) is 0 Å². The number of fused-ring (bicyclic) bond motifs is 1. The largest absolute Gasteiger partial charge is 0.322 e. The molecule has 0 saturated heterocycles. The number of rotatable bonds is 3. The van der Waals surface area contributed by atoms with E-state index in [2.05, 4.69) is 15.3 Å². The topological polar surface area (TPSA) is 54.9 Å². The van der Waals surface area contributed by atoms with Crippen LogP contribution < -0.4 is 5.32 Å². The number of hydrogen-bond acceptors (Lipinski definition) is 4. The zero-order chi connectivity index (χ0) is 17.2. The third kappa shape index (κ3) is 3.24. The summed E-state index contributed by atoms with van der Waals surface area (Å²) in [5.74, 6) is -0.246. The lowest BCUT2D eigenvalue weighted by Crippen LogP contribution is -2.13. The summed E-state index contributed by atoms with van der Waals surface area (Å²) >= 11 is 7.49. The zero-order valence-corrected chi connectivity index (χ0v) is 14.5. The first-order chi connectivity index (χ1) is 12.2. The number of amides is 1. The van der Waals surface area contributed by atoms with Gasteiger partial charge in [0.15, 0.2) is 0 Å². The average molecular weight is 366 g/mol. The minimum Gasteiger partial charge on any atom is -0.322 e. The number of nitrogens with one attached hydrogen (secondary N) is 1. The van der Waals surface area contributed by atoms with Crippen LogP contribution in [0.5, 0.6) is 0 Å². The molecule has 2 heterocycles. The van der Waals surface area contributed by atoms with E-state index in [1.165, 1.54) is 11.3 Å². The molecule has 0 bridgehead atoms. The van der Waals surface area contributed by atoms with Gasteiger partial charge in [-0.1, -0.05) is 29.8 Å². The lowest BCUT2D eigenvalue weighted by molar-refractivity contribution is 0.102. The van der Waals surface area contributed by atoms with Crippen LogP contribution in [-0.2, 0) is 0 Å². The van der Waals surface area contributed by atoms with Crippen LogP contribution in [0, 0.1) is 0 Å². The van der Waals surface area contributed by atoms with Gasteiger partial charge in [-0.3, -0.25) is 9.78 Å². The third-order valence-corrected chi connectivity index (χ3v) is 4.91. The van der Waals surface area contributed by atoms with Crippen LogP contribution in [0.15, 0.2) is 66.9 Å². The normalized spacial score (nSPS) is 10.8. The van der Waals surface area contributed by atoms with Gasteiger partial charge >= 0.3 is 0 Å². The van der Waals surface area contributed by atoms with Crippen molar-refractivity contribution in [1.82, 2.24) is 9.97 Å². The molecule has 0 unspecified atom stereocenters. The Morgan fingerprint density at radius 3 is 2.76 bits per heavy atom. The summed E-state index contributed by atoms with van der Waals surface area (Å²) in [7, 11) is 0. The van der Waals surface area contributed by atoms with E-state index in [1.54, 1.807) is 42.6 Å². The molecule has 25 heavy (non-hydrogen) atoms. The predicted molar refractivity (Wildman–Crippen MR) is 102 cm³/mol. The number of pyridine rings is 1. The Labute approximate surface area is 153 Å². The molecule has 4 rings (SSSR count). The summed E-state index contributed by atoms with van der Waals surface area (Å²) < 4.78 is 1.06. The quantitative estimate of drug-likeness (QED) is 0.538. The van der Waals surface area contributed by atoms with E-state index in [-0.39, 0.29) is 5.91 Å². The third-order valence-electron chi connectivity index (χ3n) is 3.63. The second-order valence-corrected chi connectivity index (χ2v) is 6.82. The smallest absolute Gasteiger partial charge is 0.257 e. The highest BCUT2D eigenvalue weighted by atomic mass is 35.5. The fourth-order valence-corrected chi connectivity index (χ4v) is 3.66. The summed E-state index contributed by atoms with van der Waals surface area (Å²) in [5.41, 5.74) is 2.58.